The summed E-state index contributed by atoms with van der Waals surface area (Å²) in [4.78, 5) is 9.83. The topological polar surface area (TPSA) is 33.5 Å². The van der Waals surface area contributed by atoms with Crippen molar-refractivity contribution in [2.45, 2.75) is 85.4 Å². The maximum atomic E-state index is 8.72. The molecule has 0 aliphatic carbocycles. The Labute approximate surface area is 395 Å². The van der Waals surface area contributed by atoms with E-state index >= 15 is 0 Å². The predicted octanol–water partition coefficient (Wildman–Crippen LogP) is 16.8. The van der Waals surface area contributed by atoms with Crippen LogP contribution in [-0.4, -0.2) is 16.2 Å². The highest BCUT2D eigenvalue weighted by atomic mass is 16.5. The summed E-state index contributed by atoms with van der Waals surface area (Å²) >= 11 is 0. The van der Waals surface area contributed by atoms with E-state index in [0.29, 0.717) is 23.8 Å². The standard InChI is InChI=1S/C61H60N4O/c1-40-29-58(62-38-53(40)42-21-18-22-44(30-42)59(2,3)4)65-54-24-15-14-23-51(54)52-28-27-49(37-57(52)65)66-50-35-46(61(8,9)10)34-48(36-50)64-39-63(55-25-16-17-26-56(55)64)47-32-43(41-19-12-11-13-20-41)31-45(33-47)60(5,6)7/h11-38H,39H2,1-10H3/i1D3. The Hall–Kier alpha value is -7.11. The van der Waals surface area contributed by atoms with E-state index in [1.165, 1.54) is 16.7 Å². The summed E-state index contributed by atoms with van der Waals surface area (Å²) in [6.45, 7) is 18.3. The molecule has 330 valence electrons. The summed E-state index contributed by atoms with van der Waals surface area (Å²) < 4.78 is 35.2. The lowest BCUT2D eigenvalue weighted by Crippen LogP contribution is -2.25. The molecule has 0 fully saturated rings. The van der Waals surface area contributed by atoms with E-state index in [9.17, 15) is 0 Å². The van der Waals surface area contributed by atoms with E-state index in [2.05, 4.69) is 204 Å². The highest BCUT2D eigenvalue weighted by molar-refractivity contribution is 6.09. The molecular formula is C61H60N4O. The van der Waals surface area contributed by atoms with Crippen molar-refractivity contribution in [2.75, 3.05) is 16.5 Å². The molecule has 0 bridgehead atoms. The molecule has 5 nitrogen and oxygen atoms in total. The van der Waals surface area contributed by atoms with Crippen LogP contribution in [0.1, 0.15) is 88.7 Å². The number of anilines is 4. The molecule has 9 aromatic rings. The molecule has 1 aliphatic rings. The Morgan fingerprint density at radius 2 is 1.09 bits per heavy atom. The number of hydrogen-bond donors (Lipinski definition) is 0. The lowest BCUT2D eigenvalue weighted by Gasteiger charge is -2.27. The second kappa shape index (κ2) is 16.1. The number of fused-ring (bicyclic) bond motifs is 4. The number of benzene rings is 7. The van der Waals surface area contributed by atoms with Gasteiger partial charge in [-0.2, -0.15) is 0 Å². The molecule has 0 amide bonds. The van der Waals surface area contributed by atoms with Crippen LogP contribution in [0.3, 0.4) is 0 Å². The van der Waals surface area contributed by atoms with Gasteiger partial charge in [-0.25, -0.2) is 4.98 Å². The van der Waals surface area contributed by atoms with Crippen molar-refractivity contribution in [3.63, 3.8) is 0 Å². The van der Waals surface area contributed by atoms with Crippen LogP contribution >= 0.6 is 0 Å². The SMILES string of the molecule is [2H]C([2H])([2H])c1cc(-n2c3ccccc3c3ccc(Oc4cc(N5CN(c6cc(-c7ccccc7)cc(C(C)(C)C)c6)c6ccccc65)cc(C(C)(C)C)c4)cc32)ncc1-c1cccc(C(C)(C)C)c1. The fourth-order valence-corrected chi connectivity index (χ4v) is 9.23. The van der Waals surface area contributed by atoms with Crippen LogP contribution in [0.25, 0.3) is 49.9 Å². The highest BCUT2D eigenvalue weighted by Gasteiger charge is 2.31. The summed E-state index contributed by atoms with van der Waals surface area (Å²) in [6, 6.07) is 57.2. The first-order valence-electron chi connectivity index (χ1n) is 24.5. The zero-order chi connectivity index (χ0) is 48.6. The maximum Gasteiger partial charge on any atom is 0.137 e. The van der Waals surface area contributed by atoms with E-state index in [1.807, 2.05) is 30.3 Å². The Bertz CT molecular complexity index is 3400. The number of aromatic nitrogens is 2. The zero-order valence-corrected chi connectivity index (χ0v) is 39.6. The van der Waals surface area contributed by atoms with Crippen molar-refractivity contribution in [1.29, 1.82) is 0 Å². The number of aryl methyl sites for hydroxylation is 1. The van der Waals surface area contributed by atoms with Crippen molar-refractivity contribution < 1.29 is 8.85 Å². The van der Waals surface area contributed by atoms with Crippen molar-refractivity contribution in [2.24, 2.45) is 0 Å². The lowest BCUT2D eigenvalue weighted by atomic mass is 9.85. The van der Waals surface area contributed by atoms with Gasteiger partial charge < -0.3 is 14.5 Å². The van der Waals surface area contributed by atoms with Gasteiger partial charge in [0.25, 0.3) is 0 Å². The van der Waals surface area contributed by atoms with Crippen molar-refractivity contribution in [3.8, 4) is 39.6 Å². The van der Waals surface area contributed by atoms with Crippen LogP contribution in [0.15, 0.2) is 170 Å². The molecule has 3 heterocycles. The quantitative estimate of drug-likeness (QED) is 0.160. The lowest BCUT2D eigenvalue weighted by molar-refractivity contribution is 0.479. The minimum atomic E-state index is -2.39. The summed E-state index contributed by atoms with van der Waals surface area (Å²) in [6.07, 6.45) is 1.72. The van der Waals surface area contributed by atoms with Gasteiger partial charge in [-0.05, 0) is 123 Å². The Kier molecular flexibility index (Phi) is 9.58. The first kappa shape index (κ1) is 39.3. The third-order valence-electron chi connectivity index (χ3n) is 13.1. The van der Waals surface area contributed by atoms with E-state index in [0.717, 1.165) is 67.0 Å². The number of para-hydroxylation sites is 3. The van der Waals surface area contributed by atoms with Gasteiger partial charge in [-0.15, -0.1) is 0 Å². The fraction of sp³-hybridized carbons (Fsp3) is 0.230. The molecule has 0 unspecified atom stereocenters. The second-order valence-electron chi connectivity index (χ2n) is 20.9. The van der Waals surface area contributed by atoms with Crippen LogP contribution < -0.4 is 14.5 Å². The average molecular weight is 868 g/mol. The van der Waals surface area contributed by atoms with E-state index < -0.39 is 6.85 Å². The van der Waals surface area contributed by atoms with Gasteiger partial charge in [-0.1, -0.05) is 153 Å². The smallest absolute Gasteiger partial charge is 0.137 e. The van der Waals surface area contributed by atoms with Crippen LogP contribution in [0, 0.1) is 6.85 Å². The van der Waals surface area contributed by atoms with Crippen molar-refractivity contribution in [1.82, 2.24) is 9.55 Å². The second-order valence-corrected chi connectivity index (χ2v) is 20.9. The normalized spacial score (nSPS) is 14.0. The van der Waals surface area contributed by atoms with Gasteiger partial charge in [0, 0.05) is 50.2 Å². The molecule has 66 heavy (non-hydrogen) atoms. The van der Waals surface area contributed by atoms with Crippen molar-refractivity contribution >= 4 is 44.6 Å². The molecule has 0 spiro atoms. The molecule has 0 radical (unpaired) electrons. The summed E-state index contributed by atoms with van der Waals surface area (Å²) in [5.74, 6) is 1.91. The van der Waals surface area contributed by atoms with Crippen LogP contribution in [0.4, 0.5) is 22.7 Å². The monoisotopic (exact) mass is 867 g/mol. The third-order valence-corrected chi connectivity index (χ3v) is 13.1. The number of rotatable bonds is 7. The van der Waals surface area contributed by atoms with Gasteiger partial charge in [0.1, 0.15) is 24.0 Å². The molecule has 5 heteroatoms. The number of ether oxygens (including phenoxy) is 1. The number of pyridine rings is 1. The van der Waals surface area contributed by atoms with Crippen LogP contribution in [0.5, 0.6) is 11.5 Å². The largest absolute Gasteiger partial charge is 0.457 e. The predicted molar refractivity (Wildman–Crippen MR) is 279 cm³/mol. The molecule has 1 aliphatic heterocycles. The van der Waals surface area contributed by atoms with Crippen LogP contribution in [0.2, 0.25) is 0 Å². The van der Waals surface area contributed by atoms with E-state index in [4.69, 9.17) is 13.8 Å². The van der Waals surface area contributed by atoms with Gasteiger partial charge in [0.15, 0.2) is 0 Å². The van der Waals surface area contributed by atoms with Gasteiger partial charge in [0.05, 0.1) is 22.4 Å². The molecule has 0 saturated carbocycles. The highest BCUT2D eigenvalue weighted by Crippen LogP contribution is 2.48. The molecule has 10 rings (SSSR count). The van der Waals surface area contributed by atoms with Gasteiger partial charge in [0.2, 0.25) is 0 Å². The maximum absolute atomic E-state index is 8.72. The van der Waals surface area contributed by atoms with Gasteiger partial charge in [-0.3, -0.25) is 4.57 Å². The Morgan fingerprint density at radius 3 is 1.79 bits per heavy atom. The Balaban J connectivity index is 1.06. The third kappa shape index (κ3) is 8.02. The summed E-state index contributed by atoms with van der Waals surface area (Å²) in [5.41, 5.74) is 13.5. The van der Waals surface area contributed by atoms with E-state index in [1.54, 1.807) is 12.3 Å². The molecule has 7 aromatic carbocycles. The number of nitrogens with zero attached hydrogens (tertiary/aromatic N) is 4. The summed E-state index contributed by atoms with van der Waals surface area (Å²) in [5, 5.41) is 2.05. The van der Waals surface area contributed by atoms with Crippen LogP contribution in [-0.2, 0) is 16.2 Å². The van der Waals surface area contributed by atoms with Gasteiger partial charge >= 0.3 is 0 Å². The van der Waals surface area contributed by atoms with E-state index in [-0.39, 0.29) is 21.8 Å². The molecular weight excluding hydrogens is 805 g/mol. The molecule has 0 atom stereocenters. The fourth-order valence-electron chi connectivity index (χ4n) is 9.23. The average Bonchev–Trinajstić information content (AvgIpc) is 3.87. The minimum Gasteiger partial charge on any atom is -0.457 e. The van der Waals surface area contributed by atoms with Crippen molar-refractivity contribution in [3.05, 3.63) is 192 Å². The number of hydrogen-bond acceptors (Lipinski definition) is 4. The zero-order valence-electron chi connectivity index (χ0n) is 42.6. The molecule has 0 saturated heterocycles. The molecule has 2 aromatic heterocycles. The summed E-state index contributed by atoms with van der Waals surface area (Å²) in [7, 11) is 0. The Morgan fingerprint density at radius 1 is 0.485 bits per heavy atom. The first-order chi connectivity index (χ1) is 32.7. The minimum absolute atomic E-state index is 0.0515. The molecule has 0 N–H and O–H groups in total. The first-order valence-corrected chi connectivity index (χ1v) is 23.0.